The van der Waals surface area contributed by atoms with Crippen molar-refractivity contribution in [2.45, 2.75) is 18.4 Å². The van der Waals surface area contributed by atoms with Crippen LogP contribution in [0.1, 0.15) is 18.7 Å². The van der Waals surface area contributed by atoms with E-state index in [9.17, 15) is 5.11 Å². The quantitative estimate of drug-likeness (QED) is 0.776. The maximum atomic E-state index is 10.4. The van der Waals surface area contributed by atoms with Crippen LogP contribution >= 0.6 is 0 Å². The van der Waals surface area contributed by atoms with E-state index < -0.39 is 5.60 Å². The Morgan fingerprint density at radius 3 is 2.83 bits per heavy atom. The van der Waals surface area contributed by atoms with Crippen molar-refractivity contribution in [1.29, 1.82) is 0 Å². The first kappa shape index (κ1) is 11.2. The Bertz CT molecular complexity index is 521. The Hall–Kier alpha value is -1.86. The summed E-state index contributed by atoms with van der Waals surface area (Å²) in [5.41, 5.74) is -0.497. The Morgan fingerprint density at radius 2 is 2.11 bits per heavy atom. The minimum absolute atomic E-state index is 0.254. The molecule has 7 nitrogen and oxygen atoms in total. The number of aliphatic hydroxyl groups is 1. The van der Waals surface area contributed by atoms with Gasteiger partial charge in [0.15, 0.2) is 0 Å². The molecule has 1 fully saturated rings. The summed E-state index contributed by atoms with van der Waals surface area (Å²) in [5, 5.41) is 17.4. The molecule has 2 aromatic rings. The van der Waals surface area contributed by atoms with Gasteiger partial charge in [0.25, 0.3) is 5.89 Å². The largest absolute Gasteiger partial charge is 0.380 e. The van der Waals surface area contributed by atoms with E-state index >= 15 is 0 Å². The first-order chi connectivity index (χ1) is 8.78. The van der Waals surface area contributed by atoms with Crippen LogP contribution in [0.3, 0.4) is 0 Å². The second-order valence-corrected chi connectivity index (χ2v) is 4.30. The van der Waals surface area contributed by atoms with E-state index in [4.69, 9.17) is 4.52 Å². The van der Waals surface area contributed by atoms with E-state index in [1.165, 1.54) is 0 Å². The lowest BCUT2D eigenvalue weighted by atomic mass is 9.92. The van der Waals surface area contributed by atoms with Gasteiger partial charge in [0, 0.05) is 12.4 Å². The normalized spacial score (nSPS) is 18.7. The first-order valence-corrected chi connectivity index (χ1v) is 5.82. The summed E-state index contributed by atoms with van der Waals surface area (Å²) in [7, 11) is 0. The molecule has 2 aromatic heterocycles. The third-order valence-electron chi connectivity index (χ3n) is 3.05. The molecule has 0 radical (unpaired) electrons. The van der Waals surface area contributed by atoms with Gasteiger partial charge in [0.2, 0.25) is 5.82 Å². The lowest BCUT2D eigenvalue weighted by Crippen LogP contribution is -2.39. The lowest BCUT2D eigenvalue weighted by molar-refractivity contribution is -0.0228. The van der Waals surface area contributed by atoms with Crippen molar-refractivity contribution in [2.75, 3.05) is 13.1 Å². The number of hydrogen-bond donors (Lipinski definition) is 2. The maximum absolute atomic E-state index is 10.4. The van der Waals surface area contributed by atoms with Gasteiger partial charge in [-0.1, -0.05) is 5.16 Å². The van der Waals surface area contributed by atoms with E-state index in [2.05, 4.69) is 25.4 Å². The summed E-state index contributed by atoms with van der Waals surface area (Å²) in [6.45, 7) is 1.47. The van der Waals surface area contributed by atoms with Crippen LogP contribution in [-0.2, 0) is 5.60 Å². The fourth-order valence-electron chi connectivity index (χ4n) is 1.99. The third kappa shape index (κ3) is 1.98. The zero-order valence-electron chi connectivity index (χ0n) is 9.70. The third-order valence-corrected chi connectivity index (χ3v) is 3.05. The van der Waals surface area contributed by atoms with Crippen LogP contribution in [0.5, 0.6) is 0 Å². The summed E-state index contributed by atoms with van der Waals surface area (Å²) >= 11 is 0. The fraction of sp³-hybridized carbons (Fsp3) is 0.455. The summed E-state index contributed by atoms with van der Waals surface area (Å²) in [5.74, 6) is 0.606. The fourth-order valence-corrected chi connectivity index (χ4v) is 1.99. The minimum atomic E-state index is -1.03. The molecule has 7 heteroatoms. The molecule has 0 unspecified atom stereocenters. The van der Waals surface area contributed by atoms with Crippen molar-refractivity contribution in [3.8, 4) is 11.5 Å². The number of aromatic nitrogens is 4. The average molecular weight is 247 g/mol. The predicted octanol–water partition coefficient (Wildman–Crippen LogP) is 0.0976. The van der Waals surface area contributed by atoms with Gasteiger partial charge in [-0.2, -0.15) is 4.98 Å². The zero-order valence-corrected chi connectivity index (χ0v) is 9.70. The van der Waals surface area contributed by atoms with Gasteiger partial charge in [0.05, 0.1) is 6.20 Å². The van der Waals surface area contributed by atoms with Gasteiger partial charge >= 0.3 is 0 Å². The molecular weight excluding hydrogens is 234 g/mol. The molecule has 0 saturated carbocycles. The molecule has 0 bridgehead atoms. The van der Waals surface area contributed by atoms with Crippen molar-refractivity contribution >= 4 is 0 Å². The van der Waals surface area contributed by atoms with E-state index in [0.717, 1.165) is 13.1 Å². The number of hydrogen-bond acceptors (Lipinski definition) is 7. The molecule has 18 heavy (non-hydrogen) atoms. The predicted molar refractivity (Wildman–Crippen MR) is 61.3 cm³/mol. The Balaban J connectivity index is 1.89. The van der Waals surface area contributed by atoms with Crippen molar-refractivity contribution in [1.82, 2.24) is 25.4 Å². The minimum Gasteiger partial charge on any atom is -0.380 e. The van der Waals surface area contributed by atoms with Crippen LogP contribution in [0.4, 0.5) is 0 Å². The second-order valence-electron chi connectivity index (χ2n) is 4.30. The van der Waals surface area contributed by atoms with Crippen LogP contribution < -0.4 is 5.32 Å². The molecule has 1 aliphatic heterocycles. The Labute approximate surface area is 103 Å². The monoisotopic (exact) mass is 247 g/mol. The summed E-state index contributed by atoms with van der Waals surface area (Å²) in [4.78, 5) is 12.3. The Kier molecular flexibility index (Phi) is 2.77. The molecular formula is C11H13N5O2. The molecule has 1 saturated heterocycles. The average Bonchev–Trinajstić information content (AvgIpc) is 2.91. The summed E-state index contributed by atoms with van der Waals surface area (Å²) in [6, 6.07) is 0. The van der Waals surface area contributed by atoms with Gasteiger partial charge in [0.1, 0.15) is 11.3 Å². The second kappa shape index (κ2) is 4.43. The van der Waals surface area contributed by atoms with Crippen LogP contribution in [0, 0.1) is 0 Å². The molecule has 0 aromatic carbocycles. The van der Waals surface area contributed by atoms with E-state index in [1.807, 2.05) is 0 Å². The standard InChI is InChI=1S/C11H13N5O2/c17-11(1-3-12-4-2-11)10-15-9(16-18-10)8-7-13-5-6-14-8/h5-7,12,17H,1-4H2. The summed E-state index contributed by atoms with van der Waals surface area (Å²) in [6.07, 6.45) is 5.82. The van der Waals surface area contributed by atoms with Gasteiger partial charge in [-0.3, -0.25) is 4.98 Å². The van der Waals surface area contributed by atoms with Crippen molar-refractivity contribution in [3.63, 3.8) is 0 Å². The maximum Gasteiger partial charge on any atom is 0.259 e. The molecule has 3 heterocycles. The van der Waals surface area contributed by atoms with Crippen LogP contribution in [-0.4, -0.2) is 38.3 Å². The van der Waals surface area contributed by atoms with E-state index in [-0.39, 0.29) is 5.89 Å². The smallest absolute Gasteiger partial charge is 0.259 e. The van der Waals surface area contributed by atoms with Gasteiger partial charge in [-0.25, -0.2) is 4.98 Å². The highest BCUT2D eigenvalue weighted by Gasteiger charge is 2.37. The van der Waals surface area contributed by atoms with Gasteiger partial charge in [-0.05, 0) is 25.9 Å². The molecule has 0 amide bonds. The highest BCUT2D eigenvalue weighted by Crippen LogP contribution is 2.29. The van der Waals surface area contributed by atoms with Crippen LogP contribution in [0.2, 0.25) is 0 Å². The number of rotatable bonds is 2. The van der Waals surface area contributed by atoms with Crippen LogP contribution in [0.25, 0.3) is 11.5 Å². The topological polar surface area (TPSA) is 97.0 Å². The van der Waals surface area contributed by atoms with E-state index in [1.54, 1.807) is 18.6 Å². The number of nitrogens with one attached hydrogen (secondary N) is 1. The van der Waals surface area contributed by atoms with Crippen molar-refractivity contribution in [3.05, 3.63) is 24.5 Å². The highest BCUT2D eigenvalue weighted by atomic mass is 16.5. The molecule has 3 rings (SSSR count). The molecule has 94 valence electrons. The highest BCUT2D eigenvalue weighted by molar-refractivity contribution is 5.45. The Morgan fingerprint density at radius 1 is 1.28 bits per heavy atom. The number of nitrogens with zero attached hydrogens (tertiary/aromatic N) is 4. The van der Waals surface area contributed by atoms with Gasteiger partial charge < -0.3 is 14.9 Å². The molecule has 0 aliphatic carbocycles. The van der Waals surface area contributed by atoms with E-state index in [0.29, 0.717) is 24.4 Å². The number of piperidine rings is 1. The molecule has 0 spiro atoms. The van der Waals surface area contributed by atoms with Crippen molar-refractivity contribution in [2.24, 2.45) is 0 Å². The van der Waals surface area contributed by atoms with Crippen LogP contribution in [0.15, 0.2) is 23.1 Å². The zero-order chi connectivity index (χ0) is 12.4. The molecule has 2 N–H and O–H groups in total. The first-order valence-electron chi connectivity index (χ1n) is 5.82. The molecule has 0 atom stereocenters. The van der Waals surface area contributed by atoms with Crippen molar-refractivity contribution < 1.29 is 9.63 Å². The molecule has 1 aliphatic rings. The van der Waals surface area contributed by atoms with Gasteiger partial charge in [-0.15, -0.1) is 0 Å². The summed E-state index contributed by atoms with van der Waals surface area (Å²) < 4.78 is 5.15. The SMILES string of the molecule is OC1(c2nc(-c3cnccn3)no2)CCNCC1. The lowest BCUT2D eigenvalue weighted by Gasteiger charge is -2.28.